The van der Waals surface area contributed by atoms with Crippen molar-refractivity contribution in [2.45, 2.75) is 188 Å². The summed E-state index contributed by atoms with van der Waals surface area (Å²) >= 11 is 0. The van der Waals surface area contributed by atoms with E-state index in [1.54, 1.807) is 5.82 Å². The highest BCUT2D eigenvalue weighted by Crippen LogP contribution is 2.15. The minimum Gasteiger partial charge on any atom is -0.234 e. The van der Waals surface area contributed by atoms with Crippen LogP contribution in [0.4, 0.5) is 0 Å². The van der Waals surface area contributed by atoms with Crippen molar-refractivity contribution in [2.24, 2.45) is 0 Å². The van der Waals surface area contributed by atoms with Gasteiger partial charge in [0.1, 0.15) is 12.4 Å². The van der Waals surface area contributed by atoms with Crippen molar-refractivity contribution in [2.75, 3.05) is 0 Å². The van der Waals surface area contributed by atoms with Gasteiger partial charge in [-0.25, -0.2) is 9.13 Å². The summed E-state index contributed by atoms with van der Waals surface area (Å²) in [5.41, 5.74) is 0. The molecule has 0 radical (unpaired) electrons. The molecule has 2 nitrogen and oxygen atoms in total. The van der Waals surface area contributed by atoms with Gasteiger partial charge < -0.3 is 0 Å². The molecular formula is C32H63N2+. The molecule has 0 aliphatic rings. The second kappa shape index (κ2) is 22.7. The van der Waals surface area contributed by atoms with E-state index in [2.05, 4.69) is 49.2 Å². The van der Waals surface area contributed by atoms with E-state index in [0.29, 0.717) is 6.04 Å². The molecule has 1 aromatic heterocycles. The normalized spacial score (nSPS) is 11.7. The van der Waals surface area contributed by atoms with Crippen LogP contribution in [0.1, 0.15) is 181 Å². The molecule has 1 rings (SSSR count). The van der Waals surface area contributed by atoms with Crippen LogP contribution in [-0.2, 0) is 13.0 Å². The maximum absolute atomic E-state index is 2.57. The van der Waals surface area contributed by atoms with Gasteiger partial charge in [-0.05, 0) is 33.1 Å². The minimum absolute atomic E-state index is 0.571. The van der Waals surface area contributed by atoms with Gasteiger partial charge in [-0.3, -0.25) is 0 Å². The van der Waals surface area contributed by atoms with Crippen molar-refractivity contribution in [3.8, 4) is 0 Å². The summed E-state index contributed by atoms with van der Waals surface area (Å²) in [6.07, 6.45) is 37.3. The Kier molecular flexibility index (Phi) is 20.8. The van der Waals surface area contributed by atoms with Gasteiger partial charge in [-0.1, -0.05) is 136 Å². The Labute approximate surface area is 215 Å². The van der Waals surface area contributed by atoms with Crippen LogP contribution in [0.15, 0.2) is 12.4 Å². The van der Waals surface area contributed by atoms with Crippen LogP contribution in [0.25, 0.3) is 0 Å². The Morgan fingerprint density at radius 2 is 0.941 bits per heavy atom. The summed E-state index contributed by atoms with van der Waals surface area (Å²) in [5, 5.41) is 0. The average Bonchev–Trinajstić information content (AvgIpc) is 3.24. The Morgan fingerprint density at radius 3 is 1.35 bits per heavy atom. The van der Waals surface area contributed by atoms with Crippen molar-refractivity contribution < 1.29 is 4.57 Å². The van der Waals surface area contributed by atoms with Crippen molar-refractivity contribution in [1.82, 2.24) is 4.57 Å². The number of hydrogen-bond acceptors (Lipinski definition) is 0. The summed E-state index contributed by atoms with van der Waals surface area (Å²) < 4.78 is 5.10. The largest absolute Gasteiger partial charge is 0.256 e. The molecule has 0 bridgehead atoms. The van der Waals surface area contributed by atoms with E-state index in [9.17, 15) is 0 Å². The van der Waals surface area contributed by atoms with Crippen LogP contribution >= 0.6 is 0 Å². The third-order valence-electron chi connectivity index (χ3n) is 7.60. The molecule has 0 atom stereocenters. The topological polar surface area (TPSA) is 8.81 Å². The van der Waals surface area contributed by atoms with Gasteiger partial charge in [0.25, 0.3) is 5.82 Å². The minimum atomic E-state index is 0.571. The smallest absolute Gasteiger partial charge is 0.234 e. The molecular weight excluding hydrogens is 412 g/mol. The van der Waals surface area contributed by atoms with Crippen molar-refractivity contribution in [3.63, 3.8) is 0 Å². The number of aryl methyl sites for hydroxylation is 1. The average molecular weight is 476 g/mol. The van der Waals surface area contributed by atoms with E-state index < -0.39 is 0 Å². The highest BCUT2D eigenvalue weighted by atomic mass is 15.2. The van der Waals surface area contributed by atoms with E-state index >= 15 is 0 Å². The summed E-state index contributed by atoms with van der Waals surface area (Å²) in [6.45, 7) is 10.5. The summed E-state index contributed by atoms with van der Waals surface area (Å²) in [7, 11) is 0. The molecule has 0 N–H and O–H groups in total. The summed E-state index contributed by atoms with van der Waals surface area (Å²) in [4.78, 5) is 0. The van der Waals surface area contributed by atoms with E-state index in [-0.39, 0.29) is 0 Å². The molecule has 0 spiro atoms. The standard InChI is InChI=1S/C32H63N2/c1-5-7-9-11-13-15-17-18-20-22-24-26-28-33-29-30-34(31(3)4)32(33)27-25-23-21-19-16-14-12-10-8-6-2/h29-31H,5-28H2,1-4H3/q+1. The van der Waals surface area contributed by atoms with Crippen LogP contribution in [0.3, 0.4) is 0 Å². The lowest BCUT2D eigenvalue weighted by molar-refractivity contribution is -0.704. The van der Waals surface area contributed by atoms with Crippen LogP contribution in [0, 0.1) is 0 Å². The van der Waals surface area contributed by atoms with E-state index in [4.69, 9.17) is 0 Å². The van der Waals surface area contributed by atoms with Crippen LogP contribution in [-0.4, -0.2) is 4.57 Å². The molecule has 0 fully saturated rings. The van der Waals surface area contributed by atoms with Gasteiger partial charge in [0, 0.05) is 6.42 Å². The monoisotopic (exact) mass is 475 g/mol. The van der Waals surface area contributed by atoms with Gasteiger partial charge in [-0.15, -0.1) is 0 Å². The lowest BCUT2D eigenvalue weighted by Crippen LogP contribution is -2.37. The zero-order valence-corrected chi connectivity index (χ0v) is 24.1. The Morgan fingerprint density at radius 1 is 0.559 bits per heavy atom. The molecule has 1 aromatic rings. The third kappa shape index (κ3) is 16.0. The predicted molar refractivity (Wildman–Crippen MR) is 152 cm³/mol. The molecule has 34 heavy (non-hydrogen) atoms. The fourth-order valence-electron chi connectivity index (χ4n) is 5.31. The lowest BCUT2D eigenvalue weighted by atomic mass is 10.1. The molecule has 1 heterocycles. The van der Waals surface area contributed by atoms with Gasteiger partial charge >= 0.3 is 0 Å². The highest BCUT2D eigenvalue weighted by Gasteiger charge is 2.18. The van der Waals surface area contributed by atoms with Crippen LogP contribution in [0.5, 0.6) is 0 Å². The first kappa shape index (κ1) is 31.2. The summed E-state index contributed by atoms with van der Waals surface area (Å²) in [6, 6.07) is 0.571. The molecule has 0 aliphatic carbocycles. The van der Waals surface area contributed by atoms with Crippen molar-refractivity contribution in [3.05, 3.63) is 18.2 Å². The number of imidazole rings is 1. The molecule has 0 saturated heterocycles. The molecule has 2 heteroatoms. The maximum atomic E-state index is 2.57. The maximum Gasteiger partial charge on any atom is 0.256 e. The van der Waals surface area contributed by atoms with Gasteiger partial charge in [0.2, 0.25) is 0 Å². The van der Waals surface area contributed by atoms with Crippen LogP contribution < -0.4 is 4.57 Å². The molecule has 0 unspecified atom stereocenters. The summed E-state index contributed by atoms with van der Waals surface area (Å²) in [5.74, 6) is 1.57. The quantitative estimate of drug-likeness (QED) is 0.0981. The molecule has 0 amide bonds. The second-order valence-corrected chi connectivity index (χ2v) is 11.2. The van der Waals surface area contributed by atoms with E-state index in [0.717, 1.165) is 0 Å². The van der Waals surface area contributed by atoms with Gasteiger partial charge in [-0.2, -0.15) is 0 Å². The number of hydrogen-bond donors (Lipinski definition) is 0. The fourth-order valence-corrected chi connectivity index (χ4v) is 5.31. The zero-order chi connectivity index (χ0) is 24.7. The Hall–Kier alpha value is -0.790. The predicted octanol–water partition coefficient (Wildman–Crippen LogP) is 10.5. The first-order chi connectivity index (χ1) is 16.7. The molecule has 200 valence electrons. The van der Waals surface area contributed by atoms with Crippen molar-refractivity contribution in [1.29, 1.82) is 0 Å². The number of nitrogens with zero attached hydrogens (tertiary/aromatic N) is 2. The molecule has 0 aromatic carbocycles. The first-order valence-electron chi connectivity index (χ1n) is 15.8. The van der Waals surface area contributed by atoms with Crippen LogP contribution in [0.2, 0.25) is 0 Å². The van der Waals surface area contributed by atoms with Gasteiger partial charge in [0.15, 0.2) is 0 Å². The zero-order valence-electron chi connectivity index (χ0n) is 24.1. The molecule has 0 saturated carbocycles. The Bertz CT molecular complexity index is 545. The number of unbranched alkanes of at least 4 members (excludes halogenated alkanes) is 20. The number of rotatable bonds is 25. The van der Waals surface area contributed by atoms with Gasteiger partial charge in [0.05, 0.1) is 12.6 Å². The third-order valence-corrected chi connectivity index (χ3v) is 7.60. The van der Waals surface area contributed by atoms with Crippen molar-refractivity contribution >= 4 is 0 Å². The highest BCUT2D eigenvalue weighted by molar-refractivity contribution is 4.86. The van der Waals surface area contributed by atoms with E-state index in [1.165, 1.54) is 154 Å². The first-order valence-corrected chi connectivity index (χ1v) is 15.8. The molecule has 0 aliphatic heterocycles. The Balaban J connectivity index is 2.14. The fraction of sp³-hybridized carbons (Fsp3) is 0.906. The van der Waals surface area contributed by atoms with E-state index in [1.807, 2.05) is 0 Å². The second-order valence-electron chi connectivity index (χ2n) is 11.2. The lowest BCUT2D eigenvalue weighted by Gasteiger charge is -2.08. The number of aromatic nitrogens is 2. The SMILES string of the molecule is CCCCCCCCCCCCCC[n+]1ccn(C(C)C)c1CCCCCCCCCCCC.